The molecule has 4 saturated carbocycles. The van der Waals surface area contributed by atoms with Gasteiger partial charge in [-0.15, -0.1) is 0 Å². The van der Waals surface area contributed by atoms with E-state index < -0.39 is 0 Å². The third kappa shape index (κ3) is 1.92. The van der Waals surface area contributed by atoms with E-state index in [1.54, 1.807) is 11.6 Å². The minimum atomic E-state index is -0.317. The number of hydrogen-bond acceptors (Lipinski definition) is 4. The summed E-state index contributed by atoms with van der Waals surface area (Å²) in [6, 6.07) is 0. The number of fused-ring (bicyclic) bond motifs is 9. The van der Waals surface area contributed by atoms with Crippen LogP contribution in [0.2, 0.25) is 0 Å². The van der Waals surface area contributed by atoms with Crippen molar-refractivity contribution in [3.63, 3.8) is 0 Å². The average molecular weight is 382 g/mol. The Morgan fingerprint density at radius 2 is 2.18 bits per heavy atom. The van der Waals surface area contributed by atoms with Gasteiger partial charge in [-0.3, -0.25) is 0 Å². The number of rotatable bonds is 1. The third-order valence-electron chi connectivity index (χ3n) is 9.87. The summed E-state index contributed by atoms with van der Waals surface area (Å²) in [6.45, 7) is 4.79. The second-order valence-electron chi connectivity index (χ2n) is 10.6. The molecule has 0 saturated heterocycles. The first kappa shape index (κ1) is 17.3. The van der Waals surface area contributed by atoms with Crippen molar-refractivity contribution in [3.8, 4) is 0 Å². The SMILES string of the molecule is CCC1CC2=C/C(=N/O)CC[C@@H]2C2CC[C@@]3(C)C(C4CC4[C@@]34C=CC(=O)O4)C12. The highest BCUT2D eigenvalue weighted by atomic mass is 16.6. The molecule has 1 heterocycles. The molecule has 0 radical (unpaired) electrons. The summed E-state index contributed by atoms with van der Waals surface area (Å²) < 4.78 is 6.12. The predicted molar refractivity (Wildman–Crippen MR) is 106 cm³/mol. The fourth-order valence-electron chi connectivity index (χ4n) is 8.82. The molecule has 0 aromatic rings. The van der Waals surface area contributed by atoms with E-state index in [-0.39, 0.29) is 17.0 Å². The van der Waals surface area contributed by atoms with Crippen molar-refractivity contribution in [3.05, 3.63) is 23.8 Å². The monoisotopic (exact) mass is 381 g/mol. The summed E-state index contributed by atoms with van der Waals surface area (Å²) in [5.74, 6) is 4.72. The molecule has 28 heavy (non-hydrogen) atoms. The first-order valence-corrected chi connectivity index (χ1v) is 11.4. The molecule has 0 aromatic carbocycles. The largest absolute Gasteiger partial charge is 0.451 e. The Labute approximate surface area is 167 Å². The van der Waals surface area contributed by atoms with Gasteiger partial charge in [-0.2, -0.15) is 0 Å². The zero-order valence-electron chi connectivity index (χ0n) is 16.9. The zero-order valence-corrected chi connectivity index (χ0v) is 16.9. The molecule has 1 aliphatic heterocycles. The number of nitrogens with zero attached hydrogens (tertiary/aromatic N) is 1. The van der Waals surface area contributed by atoms with Gasteiger partial charge in [0.2, 0.25) is 0 Å². The molecular formula is C24H31NO3. The number of oxime groups is 1. The summed E-state index contributed by atoms with van der Waals surface area (Å²) >= 11 is 0. The maximum absolute atomic E-state index is 12.1. The molecule has 6 unspecified atom stereocenters. The molecule has 6 aliphatic rings. The Kier molecular flexibility index (Phi) is 3.41. The standard InChI is InChI=1S/C24H31NO3/c1-3-13-10-14-11-15(25-27)4-5-16(14)17-6-8-23(2)22(21(13)17)18-12-19(18)24(23)9-7-20(26)28-24/h7,9,11,13,16-19,21-22,27H,3-6,8,10,12H2,1-2H3/b25-15+/t13?,16-,17?,18?,19?,21?,22?,23-,24-/m0/s1. The minimum absolute atomic E-state index is 0.103. The van der Waals surface area contributed by atoms with E-state index in [0.29, 0.717) is 23.7 Å². The normalized spacial score (nSPS) is 54.6. The maximum atomic E-state index is 12.1. The highest BCUT2D eigenvalue weighted by molar-refractivity contribution is 5.96. The highest BCUT2D eigenvalue weighted by Gasteiger charge is 2.78. The Morgan fingerprint density at radius 1 is 1.32 bits per heavy atom. The van der Waals surface area contributed by atoms with Gasteiger partial charge in [0.15, 0.2) is 0 Å². The van der Waals surface area contributed by atoms with Crippen LogP contribution in [-0.2, 0) is 9.53 Å². The predicted octanol–water partition coefficient (Wildman–Crippen LogP) is 4.73. The third-order valence-corrected chi connectivity index (χ3v) is 9.87. The molecule has 9 atom stereocenters. The van der Waals surface area contributed by atoms with E-state index >= 15 is 0 Å². The number of hydrogen-bond donors (Lipinski definition) is 1. The van der Waals surface area contributed by atoms with Gasteiger partial charge >= 0.3 is 5.97 Å². The molecule has 0 amide bonds. The fraction of sp³-hybridized carbons (Fsp3) is 0.750. The van der Waals surface area contributed by atoms with Crippen LogP contribution in [0.25, 0.3) is 0 Å². The Hall–Kier alpha value is -1.58. The first-order chi connectivity index (χ1) is 13.5. The Bertz CT molecular complexity index is 828. The van der Waals surface area contributed by atoms with Gasteiger partial charge in [-0.05, 0) is 86.2 Å². The lowest BCUT2D eigenvalue weighted by Gasteiger charge is -2.59. The molecule has 5 aliphatic carbocycles. The van der Waals surface area contributed by atoms with E-state index in [9.17, 15) is 10.0 Å². The van der Waals surface area contributed by atoms with Crippen LogP contribution in [0.4, 0.5) is 0 Å². The van der Waals surface area contributed by atoms with Crippen LogP contribution < -0.4 is 0 Å². The van der Waals surface area contributed by atoms with Gasteiger partial charge in [0.05, 0.1) is 5.71 Å². The number of carbonyl (C=O) groups is 1. The van der Waals surface area contributed by atoms with Crippen LogP contribution in [0, 0.1) is 46.8 Å². The van der Waals surface area contributed by atoms with E-state index in [1.807, 2.05) is 0 Å². The molecule has 4 fully saturated rings. The number of ether oxygens (including phenoxy) is 1. The summed E-state index contributed by atoms with van der Waals surface area (Å²) in [4.78, 5) is 12.1. The second kappa shape index (κ2) is 5.52. The zero-order chi connectivity index (χ0) is 19.3. The van der Waals surface area contributed by atoms with E-state index in [0.717, 1.165) is 42.7 Å². The van der Waals surface area contributed by atoms with Crippen molar-refractivity contribution in [2.75, 3.05) is 0 Å². The van der Waals surface area contributed by atoms with Crippen LogP contribution >= 0.6 is 0 Å². The van der Waals surface area contributed by atoms with Gasteiger partial charge in [-0.1, -0.05) is 31.0 Å². The topological polar surface area (TPSA) is 58.9 Å². The molecule has 4 heteroatoms. The van der Waals surface area contributed by atoms with Gasteiger partial charge in [-0.25, -0.2) is 4.79 Å². The van der Waals surface area contributed by atoms with Crippen molar-refractivity contribution < 1.29 is 14.7 Å². The summed E-state index contributed by atoms with van der Waals surface area (Å²) in [6.07, 6.45) is 14.1. The van der Waals surface area contributed by atoms with Crippen LogP contribution in [-0.4, -0.2) is 22.5 Å². The van der Waals surface area contributed by atoms with Gasteiger partial charge < -0.3 is 9.94 Å². The lowest BCUT2D eigenvalue weighted by atomic mass is 9.46. The molecule has 0 aromatic heterocycles. The van der Waals surface area contributed by atoms with Crippen LogP contribution in [0.5, 0.6) is 0 Å². The molecule has 1 spiro atoms. The van der Waals surface area contributed by atoms with Crippen molar-refractivity contribution >= 4 is 11.7 Å². The Morgan fingerprint density at radius 3 is 2.89 bits per heavy atom. The van der Waals surface area contributed by atoms with Crippen LogP contribution in [0.1, 0.15) is 58.8 Å². The number of esters is 1. The molecule has 1 N–H and O–H groups in total. The average Bonchev–Trinajstić information content (AvgIpc) is 3.35. The Balaban J connectivity index is 1.41. The van der Waals surface area contributed by atoms with Crippen molar-refractivity contribution in [2.45, 2.75) is 64.4 Å². The molecule has 0 bridgehead atoms. The fourth-order valence-corrected chi connectivity index (χ4v) is 8.82. The second-order valence-corrected chi connectivity index (χ2v) is 10.6. The summed E-state index contributed by atoms with van der Waals surface area (Å²) in [7, 11) is 0. The molecular weight excluding hydrogens is 350 g/mol. The van der Waals surface area contributed by atoms with E-state index in [2.05, 4.69) is 31.2 Å². The smallest absolute Gasteiger partial charge is 0.331 e. The van der Waals surface area contributed by atoms with E-state index in [4.69, 9.17) is 4.74 Å². The van der Waals surface area contributed by atoms with Gasteiger partial charge in [0.1, 0.15) is 5.60 Å². The maximum Gasteiger partial charge on any atom is 0.331 e. The quantitative estimate of drug-likeness (QED) is 0.406. The lowest BCUT2D eigenvalue weighted by molar-refractivity contribution is -0.170. The summed E-state index contributed by atoms with van der Waals surface area (Å²) in [5.41, 5.74) is 2.20. The van der Waals surface area contributed by atoms with Gasteiger partial charge in [0.25, 0.3) is 0 Å². The molecule has 4 nitrogen and oxygen atoms in total. The molecule has 150 valence electrons. The highest BCUT2D eigenvalue weighted by Crippen LogP contribution is 2.78. The lowest BCUT2D eigenvalue weighted by Crippen LogP contribution is -2.56. The number of carbonyl (C=O) groups excluding carboxylic acids is 1. The van der Waals surface area contributed by atoms with Crippen molar-refractivity contribution in [1.29, 1.82) is 0 Å². The van der Waals surface area contributed by atoms with Crippen LogP contribution in [0.15, 0.2) is 29.0 Å². The van der Waals surface area contributed by atoms with E-state index in [1.165, 1.54) is 25.7 Å². The first-order valence-electron chi connectivity index (χ1n) is 11.4. The summed E-state index contributed by atoms with van der Waals surface area (Å²) in [5, 5.41) is 12.8. The van der Waals surface area contributed by atoms with Crippen molar-refractivity contribution in [2.24, 2.45) is 52.0 Å². The molecule has 6 rings (SSSR count). The minimum Gasteiger partial charge on any atom is -0.451 e. The van der Waals surface area contributed by atoms with Crippen molar-refractivity contribution in [1.82, 2.24) is 0 Å². The van der Waals surface area contributed by atoms with Gasteiger partial charge in [0, 0.05) is 17.4 Å². The van der Waals surface area contributed by atoms with Crippen LogP contribution in [0.3, 0.4) is 0 Å². The number of allylic oxidation sites excluding steroid dienone is 2.